The van der Waals surface area contributed by atoms with Gasteiger partial charge in [-0.15, -0.1) is 6.07 Å². The number of carbonyl (C=O) groups excluding carboxylic acids is 2. The van der Waals surface area contributed by atoms with Crippen molar-refractivity contribution in [2.45, 2.75) is 0 Å². The summed E-state index contributed by atoms with van der Waals surface area (Å²) in [5, 5.41) is 9.30. The normalized spacial score (nSPS) is 8.62. The molecule has 0 atom stereocenters. The predicted octanol–water partition coefficient (Wildman–Crippen LogP) is 0.373. The maximum absolute atomic E-state index is 13.4. The van der Waals surface area contributed by atoms with E-state index in [4.69, 9.17) is 0 Å². The molecule has 0 fully saturated rings. The van der Waals surface area contributed by atoms with Crippen molar-refractivity contribution in [2.75, 3.05) is 0 Å². The number of aldehydes is 1. The summed E-state index contributed by atoms with van der Waals surface area (Å²) in [5.41, 5.74) is 1.17. The summed E-state index contributed by atoms with van der Waals surface area (Å²) in [6, 6.07) is 8.84. The molecule has 0 spiro atoms. The van der Waals surface area contributed by atoms with Gasteiger partial charge in [0, 0.05) is 0 Å². The topological polar surface area (TPSA) is 54.4 Å². The Morgan fingerprint density at radius 1 is 1.10 bits per heavy atom. The van der Waals surface area contributed by atoms with E-state index in [-0.39, 0.29) is 71.8 Å². The van der Waals surface area contributed by atoms with Gasteiger partial charge in [-0.2, -0.15) is 17.7 Å². The van der Waals surface area contributed by atoms with Crippen molar-refractivity contribution in [2.24, 2.45) is 0 Å². The largest absolute Gasteiger partial charge is 1.00 e. The molecule has 5 heteroatoms. The summed E-state index contributed by atoms with van der Waals surface area (Å²) >= 11 is 0. The third kappa shape index (κ3) is 5.12. The Hall–Kier alpha value is -0.854. The number of phenolic OH excluding ortho intramolecular Hbond substituents is 1. The van der Waals surface area contributed by atoms with E-state index in [2.05, 4.69) is 0 Å². The van der Waals surface area contributed by atoms with Crippen molar-refractivity contribution in [3.05, 3.63) is 68.2 Å². The Balaban J connectivity index is 0. The van der Waals surface area contributed by atoms with Crippen LogP contribution in [0, 0.1) is 20.7 Å². The number of halogens is 1. The van der Waals surface area contributed by atoms with Crippen molar-refractivity contribution < 1.29 is 70.5 Å². The van der Waals surface area contributed by atoms with E-state index in [9.17, 15) is 19.1 Å². The van der Waals surface area contributed by atoms with E-state index in [0.717, 1.165) is 6.07 Å². The molecule has 21 heavy (non-hydrogen) atoms. The average molecular weight is 312 g/mol. The summed E-state index contributed by atoms with van der Waals surface area (Å²) in [4.78, 5) is 21.2. The van der Waals surface area contributed by atoms with E-state index < -0.39 is 11.6 Å². The van der Waals surface area contributed by atoms with Gasteiger partial charge < -0.3 is 24.8 Å². The number of hydrogen-bond acceptors (Lipinski definition) is 3. The Kier molecular flexibility index (Phi) is 10.6. The molecule has 0 radical (unpaired) electrons. The number of rotatable bonds is 3. The van der Waals surface area contributed by atoms with Crippen LogP contribution in [0.4, 0.5) is 4.39 Å². The minimum atomic E-state index is -0.880. The van der Waals surface area contributed by atoms with Gasteiger partial charge in [0.1, 0.15) is 0 Å². The first-order valence-electron chi connectivity index (χ1n) is 5.12. The molecular formula is C16H14FKO3-2. The Bertz CT molecular complexity index is 627. The first-order chi connectivity index (χ1) is 8.65. The Morgan fingerprint density at radius 3 is 2.33 bits per heavy atom. The Labute approximate surface area is 166 Å². The number of benzene rings is 2. The molecule has 0 unspecified atom stereocenters. The summed E-state index contributed by atoms with van der Waals surface area (Å²) in [5.74, 6) is -1.55. The fourth-order valence-electron chi connectivity index (χ4n) is 1.64. The number of aromatic hydroxyl groups is 1. The summed E-state index contributed by atoms with van der Waals surface area (Å²) in [6.07, 6.45) is 2.10. The molecule has 0 bridgehead atoms. The van der Waals surface area contributed by atoms with Gasteiger partial charge in [0.2, 0.25) is 0 Å². The van der Waals surface area contributed by atoms with E-state index in [1.807, 2.05) is 0 Å². The van der Waals surface area contributed by atoms with Crippen molar-refractivity contribution >= 4 is 12.6 Å². The molecule has 0 amide bonds. The molecule has 0 saturated heterocycles. The third-order valence-electron chi connectivity index (χ3n) is 2.53. The molecule has 1 N–H and O–H groups in total. The molecule has 0 aliphatic heterocycles. The molecular weight excluding hydrogens is 298 g/mol. The molecule has 0 aromatic heterocycles. The second-order valence-corrected chi connectivity index (χ2v) is 3.70. The maximum Gasteiger partial charge on any atom is 1.00 e. The van der Waals surface area contributed by atoms with Crippen LogP contribution in [0.3, 0.4) is 0 Å². The van der Waals surface area contributed by atoms with Crippen LogP contribution in [0.25, 0.3) is 11.1 Å². The van der Waals surface area contributed by atoms with Crippen LogP contribution in [-0.4, -0.2) is 17.7 Å². The predicted molar refractivity (Wildman–Crippen MR) is 76.5 cm³/mol. The second-order valence-electron chi connectivity index (χ2n) is 3.70. The van der Waals surface area contributed by atoms with Crippen molar-refractivity contribution in [1.82, 2.24) is 0 Å². The van der Waals surface area contributed by atoms with E-state index in [1.54, 1.807) is 24.5 Å². The quantitative estimate of drug-likeness (QED) is 0.506. The number of hydrogen-bond donors (Lipinski definition) is 1. The van der Waals surface area contributed by atoms with E-state index >= 15 is 0 Å². The third-order valence-corrected chi connectivity index (χ3v) is 2.53. The zero-order valence-electron chi connectivity index (χ0n) is 12.2. The van der Waals surface area contributed by atoms with Crippen molar-refractivity contribution in [3.8, 4) is 16.9 Å². The average Bonchev–Trinajstić information content (AvgIpc) is 2.41. The van der Waals surface area contributed by atoms with Crippen LogP contribution in [0.2, 0.25) is 0 Å². The van der Waals surface area contributed by atoms with Crippen LogP contribution >= 0.6 is 0 Å². The smallest absolute Gasteiger partial charge is 0.504 e. The molecule has 3 nitrogen and oxygen atoms in total. The van der Waals surface area contributed by atoms with Crippen molar-refractivity contribution in [1.29, 1.82) is 0 Å². The zero-order chi connectivity index (χ0) is 13.1. The Morgan fingerprint density at radius 2 is 1.76 bits per heavy atom. The van der Waals surface area contributed by atoms with Crippen LogP contribution in [0.5, 0.6) is 5.75 Å². The SMILES string of the molecule is O=[C-]c1cccc(-c2cc(F)c(O)c(C=O)c2)c1.[CH3-].[CH3-].[K+]. The van der Waals surface area contributed by atoms with Crippen molar-refractivity contribution in [3.63, 3.8) is 0 Å². The van der Waals surface area contributed by atoms with Gasteiger partial charge in [-0.05, 0) is 17.7 Å². The molecule has 0 heterocycles. The van der Waals surface area contributed by atoms with Crippen LogP contribution in [-0.2, 0) is 4.79 Å². The molecule has 106 valence electrons. The summed E-state index contributed by atoms with van der Waals surface area (Å²) in [6.45, 7) is 0. The minimum Gasteiger partial charge on any atom is -0.504 e. The van der Waals surface area contributed by atoms with E-state index in [0.29, 0.717) is 23.0 Å². The molecule has 0 saturated carbocycles. The summed E-state index contributed by atoms with van der Waals surface area (Å²) < 4.78 is 13.4. The van der Waals surface area contributed by atoms with Gasteiger partial charge in [-0.3, -0.25) is 4.79 Å². The first kappa shape index (κ1) is 22.4. The fourth-order valence-corrected chi connectivity index (χ4v) is 1.64. The van der Waals surface area contributed by atoms with E-state index in [1.165, 1.54) is 12.1 Å². The van der Waals surface area contributed by atoms with Crippen LogP contribution < -0.4 is 51.4 Å². The van der Waals surface area contributed by atoms with Gasteiger partial charge in [0.05, 0.1) is 11.8 Å². The van der Waals surface area contributed by atoms with Crippen LogP contribution in [0.1, 0.15) is 15.9 Å². The monoisotopic (exact) mass is 312 g/mol. The molecule has 2 rings (SSSR count). The number of phenols is 1. The van der Waals surface area contributed by atoms with Crippen LogP contribution in [0.15, 0.2) is 36.4 Å². The van der Waals surface area contributed by atoms with Gasteiger partial charge in [-0.25, -0.2) is 4.39 Å². The summed E-state index contributed by atoms with van der Waals surface area (Å²) in [7, 11) is 0. The number of carbonyl (C=O) groups is 1. The van der Waals surface area contributed by atoms with Gasteiger partial charge in [-0.1, -0.05) is 11.6 Å². The second kappa shape index (κ2) is 9.97. The minimum absolute atomic E-state index is 0. The molecule has 0 aliphatic rings. The first-order valence-corrected chi connectivity index (χ1v) is 5.12. The molecule has 2 aromatic carbocycles. The standard InChI is InChI=1S/C14H8FO3.2CH3.K/c15-13-6-11(5-12(8-17)14(13)18)10-3-1-2-9(4-10)7-16;;;/h1-6,8,18H;2*1H3;/q3*-1;+1. The van der Waals surface area contributed by atoms with Gasteiger partial charge in [0.25, 0.3) is 0 Å². The van der Waals surface area contributed by atoms with Gasteiger partial charge in [0.15, 0.2) is 17.9 Å². The maximum atomic E-state index is 13.4. The fraction of sp³-hybridized carbons (Fsp3) is 0. The molecule has 0 aliphatic carbocycles. The molecule has 2 aromatic rings. The zero-order valence-corrected chi connectivity index (χ0v) is 15.3. The van der Waals surface area contributed by atoms with Gasteiger partial charge >= 0.3 is 51.4 Å².